The van der Waals surface area contributed by atoms with Gasteiger partial charge in [0.05, 0.1) is 17.9 Å². The number of carbonyl (C=O) groups excluding carboxylic acids is 1. The third-order valence-electron chi connectivity index (χ3n) is 5.78. The average Bonchev–Trinajstić information content (AvgIpc) is 2.75. The van der Waals surface area contributed by atoms with E-state index in [1.54, 1.807) is 19.2 Å². The Balaban J connectivity index is 1.58. The Morgan fingerprint density at radius 2 is 1.67 bits per heavy atom. The van der Waals surface area contributed by atoms with Gasteiger partial charge in [0.15, 0.2) is 0 Å². The van der Waals surface area contributed by atoms with Gasteiger partial charge in [-0.1, -0.05) is 18.2 Å². The summed E-state index contributed by atoms with van der Waals surface area (Å²) in [6.45, 7) is 6.31. The highest BCUT2D eigenvalue weighted by atomic mass is 32.2. The number of piperidine rings is 1. The Labute approximate surface area is 178 Å². The topological polar surface area (TPSA) is 72.9 Å². The van der Waals surface area contributed by atoms with Gasteiger partial charge in [-0.2, -0.15) is 4.31 Å². The number of sulfonamides is 1. The molecule has 0 aliphatic carbocycles. The number of ether oxygens (including phenoxy) is 2. The predicted octanol–water partition coefficient (Wildman–Crippen LogP) is 4.02. The highest BCUT2D eigenvalue weighted by Gasteiger charge is 2.33. The third kappa shape index (κ3) is 4.84. The van der Waals surface area contributed by atoms with E-state index in [-0.39, 0.29) is 18.0 Å². The molecule has 6 nitrogen and oxygen atoms in total. The minimum absolute atomic E-state index is 0.276. The lowest BCUT2D eigenvalue weighted by Gasteiger charge is -2.30. The Bertz CT molecular complexity index is 993. The van der Waals surface area contributed by atoms with Crippen LogP contribution in [-0.4, -0.2) is 38.9 Å². The van der Waals surface area contributed by atoms with Crippen molar-refractivity contribution in [3.63, 3.8) is 0 Å². The van der Waals surface area contributed by atoms with Crippen LogP contribution < -0.4 is 4.74 Å². The molecule has 30 heavy (non-hydrogen) atoms. The minimum Gasteiger partial charge on any atom is -0.497 e. The molecule has 0 saturated carbocycles. The highest BCUT2D eigenvalue weighted by Crippen LogP contribution is 2.28. The fourth-order valence-corrected chi connectivity index (χ4v) is 5.12. The van der Waals surface area contributed by atoms with E-state index in [1.807, 2.05) is 51.1 Å². The van der Waals surface area contributed by atoms with Gasteiger partial charge in [-0.25, -0.2) is 8.42 Å². The van der Waals surface area contributed by atoms with Gasteiger partial charge < -0.3 is 9.47 Å². The molecule has 1 atom stereocenters. The first-order valence-corrected chi connectivity index (χ1v) is 11.6. The van der Waals surface area contributed by atoms with Crippen LogP contribution in [0.25, 0.3) is 0 Å². The molecule has 0 aromatic heterocycles. The van der Waals surface area contributed by atoms with E-state index in [0.29, 0.717) is 30.8 Å². The molecule has 1 saturated heterocycles. The van der Waals surface area contributed by atoms with Crippen LogP contribution in [0.3, 0.4) is 0 Å². The lowest BCUT2D eigenvalue weighted by Crippen LogP contribution is -2.40. The van der Waals surface area contributed by atoms with Crippen molar-refractivity contribution in [2.24, 2.45) is 5.92 Å². The van der Waals surface area contributed by atoms with Gasteiger partial charge in [-0.3, -0.25) is 4.79 Å². The van der Waals surface area contributed by atoms with Gasteiger partial charge in [0.1, 0.15) is 11.9 Å². The molecular weight excluding hydrogens is 402 g/mol. The van der Waals surface area contributed by atoms with Gasteiger partial charge in [0, 0.05) is 13.1 Å². The van der Waals surface area contributed by atoms with E-state index >= 15 is 0 Å². The molecule has 3 rings (SSSR count). The zero-order chi connectivity index (χ0) is 21.9. The fraction of sp³-hybridized carbons (Fsp3) is 0.435. The zero-order valence-electron chi connectivity index (χ0n) is 17.9. The quantitative estimate of drug-likeness (QED) is 0.646. The number of esters is 1. The van der Waals surface area contributed by atoms with Gasteiger partial charge >= 0.3 is 5.97 Å². The number of carbonyl (C=O) groups is 1. The predicted molar refractivity (Wildman–Crippen MR) is 115 cm³/mol. The monoisotopic (exact) mass is 431 g/mol. The first kappa shape index (κ1) is 22.3. The SMILES string of the molecule is COc1ccc(C(C)OC(=O)C2CCN(S(=O)(=O)c3ccc(C)c(C)c3)CC2)cc1. The highest BCUT2D eigenvalue weighted by molar-refractivity contribution is 7.89. The summed E-state index contributed by atoms with van der Waals surface area (Å²) < 4.78 is 38.1. The summed E-state index contributed by atoms with van der Waals surface area (Å²) in [5, 5.41) is 0. The van der Waals surface area contributed by atoms with E-state index in [0.717, 1.165) is 22.4 Å². The largest absolute Gasteiger partial charge is 0.497 e. The van der Waals surface area contributed by atoms with Crippen molar-refractivity contribution in [3.05, 3.63) is 59.2 Å². The van der Waals surface area contributed by atoms with Crippen molar-refractivity contribution in [3.8, 4) is 5.75 Å². The van der Waals surface area contributed by atoms with Gasteiger partial charge in [0.2, 0.25) is 10.0 Å². The van der Waals surface area contributed by atoms with Crippen LogP contribution in [0.4, 0.5) is 0 Å². The second-order valence-electron chi connectivity index (χ2n) is 7.78. The summed E-state index contributed by atoms with van der Waals surface area (Å²) in [6, 6.07) is 12.6. The average molecular weight is 432 g/mol. The van der Waals surface area contributed by atoms with Crippen molar-refractivity contribution in [1.29, 1.82) is 0 Å². The van der Waals surface area contributed by atoms with Crippen LogP contribution in [-0.2, 0) is 19.6 Å². The molecule has 1 unspecified atom stereocenters. The molecule has 2 aromatic rings. The summed E-state index contributed by atoms with van der Waals surface area (Å²) >= 11 is 0. The Kier molecular flexibility index (Phi) is 6.83. The molecule has 1 fully saturated rings. The van der Waals surface area contributed by atoms with Gasteiger partial charge in [0.25, 0.3) is 0 Å². The van der Waals surface area contributed by atoms with E-state index in [9.17, 15) is 13.2 Å². The molecule has 1 aliphatic rings. The van der Waals surface area contributed by atoms with Gasteiger partial charge in [-0.15, -0.1) is 0 Å². The van der Waals surface area contributed by atoms with Crippen LogP contribution in [0.15, 0.2) is 47.4 Å². The Morgan fingerprint density at radius 1 is 1.03 bits per heavy atom. The molecule has 0 spiro atoms. The Hall–Kier alpha value is -2.38. The molecule has 0 N–H and O–H groups in total. The zero-order valence-corrected chi connectivity index (χ0v) is 18.7. The second-order valence-corrected chi connectivity index (χ2v) is 9.71. The van der Waals surface area contributed by atoms with Crippen LogP contribution in [0, 0.1) is 19.8 Å². The molecule has 2 aromatic carbocycles. The summed E-state index contributed by atoms with van der Waals surface area (Å²) in [6.07, 6.45) is 0.539. The number of rotatable bonds is 6. The molecule has 162 valence electrons. The van der Waals surface area contributed by atoms with Crippen molar-refractivity contribution in [1.82, 2.24) is 4.31 Å². The van der Waals surface area contributed by atoms with E-state index in [2.05, 4.69) is 0 Å². The van der Waals surface area contributed by atoms with Crippen molar-refractivity contribution >= 4 is 16.0 Å². The van der Waals surface area contributed by atoms with E-state index < -0.39 is 10.0 Å². The smallest absolute Gasteiger partial charge is 0.309 e. The summed E-state index contributed by atoms with van der Waals surface area (Å²) in [7, 11) is -1.95. The fourth-order valence-electron chi connectivity index (χ4n) is 3.57. The normalized spacial score (nSPS) is 16.8. The maximum Gasteiger partial charge on any atom is 0.309 e. The Morgan fingerprint density at radius 3 is 2.23 bits per heavy atom. The first-order valence-electron chi connectivity index (χ1n) is 10.1. The molecule has 0 radical (unpaired) electrons. The number of nitrogens with zero attached hydrogens (tertiary/aromatic N) is 1. The lowest BCUT2D eigenvalue weighted by atomic mass is 9.98. The van der Waals surface area contributed by atoms with Crippen molar-refractivity contribution < 1.29 is 22.7 Å². The lowest BCUT2D eigenvalue weighted by molar-refractivity contribution is -0.155. The standard InChI is InChI=1S/C23H29NO5S/c1-16-5-10-22(15-17(16)2)30(26,27)24-13-11-20(12-14-24)23(25)29-18(3)19-6-8-21(28-4)9-7-19/h5-10,15,18,20H,11-14H2,1-4H3. The number of methoxy groups -OCH3 is 1. The number of benzene rings is 2. The molecule has 0 bridgehead atoms. The van der Waals surface area contributed by atoms with Crippen LogP contribution in [0.5, 0.6) is 5.75 Å². The molecule has 1 heterocycles. The number of hydrogen-bond acceptors (Lipinski definition) is 5. The summed E-state index contributed by atoms with van der Waals surface area (Å²) in [4.78, 5) is 12.9. The first-order chi connectivity index (χ1) is 14.2. The van der Waals surface area contributed by atoms with E-state index in [4.69, 9.17) is 9.47 Å². The van der Waals surface area contributed by atoms with Crippen molar-refractivity contribution in [2.75, 3.05) is 20.2 Å². The minimum atomic E-state index is -3.55. The van der Waals surface area contributed by atoms with Crippen molar-refractivity contribution in [2.45, 2.75) is 44.6 Å². The second kappa shape index (κ2) is 9.18. The van der Waals surface area contributed by atoms with Gasteiger partial charge in [-0.05, 0) is 74.6 Å². The number of aryl methyl sites for hydroxylation is 2. The van der Waals surface area contributed by atoms with Crippen LogP contribution >= 0.6 is 0 Å². The molecule has 0 amide bonds. The summed E-state index contributed by atoms with van der Waals surface area (Å²) in [5.74, 6) is 0.174. The maximum atomic E-state index is 12.9. The number of hydrogen-bond donors (Lipinski definition) is 0. The molecule has 1 aliphatic heterocycles. The van der Waals surface area contributed by atoms with Crippen LogP contribution in [0.2, 0.25) is 0 Å². The van der Waals surface area contributed by atoms with E-state index in [1.165, 1.54) is 4.31 Å². The maximum absolute atomic E-state index is 12.9. The van der Waals surface area contributed by atoms with Crippen LogP contribution in [0.1, 0.15) is 42.6 Å². The third-order valence-corrected chi connectivity index (χ3v) is 7.68. The molecular formula is C23H29NO5S. The molecule has 7 heteroatoms. The summed E-state index contributed by atoms with van der Waals surface area (Å²) in [5.41, 5.74) is 2.89.